The Morgan fingerprint density at radius 2 is 2.00 bits per heavy atom. The van der Waals surface area contributed by atoms with Gasteiger partial charge in [-0.2, -0.15) is 8.78 Å². The standard InChI is InChI=1S/C14H14F2N2OS/c15-12(16)14(19)18-7-5-9(6-8-18)13-17-10-3-1-2-4-11(10)20-13/h1-4,9,12H,5-8H2. The van der Waals surface area contributed by atoms with Crippen LogP contribution in [0.2, 0.25) is 0 Å². The van der Waals surface area contributed by atoms with Crippen LogP contribution in [-0.4, -0.2) is 35.3 Å². The molecule has 0 atom stereocenters. The van der Waals surface area contributed by atoms with Gasteiger partial charge in [0.15, 0.2) is 0 Å². The average Bonchev–Trinajstić information content (AvgIpc) is 2.90. The summed E-state index contributed by atoms with van der Waals surface area (Å²) >= 11 is 1.66. The fourth-order valence-electron chi connectivity index (χ4n) is 2.55. The second kappa shape index (κ2) is 5.44. The van der Waals surface area contributed by atoms with Crippen LogP contribution in [0.5, 0.6) is 0 Å². The highest BCUT2D eigenvalue weighted by Crippen LogP contribution is 2.33. The molecule has 0 bridgehead atoms. The van der Waals surface area contributed by atoms with E-state index in [0.717, 1.165) is 15.2 Å². The smallest absolute Gasteiger partial charge is 0.315 e. The van der Waals surface area contributed by atoms with Crippen LogP contribution in [0.25, 0.3) is 10.2 Å². The minimum atomic E-state index is -2.89. The third-order valence-corrected chi connectivity index (χ3v) is 4.85. The molecule has 3 rings (SSSR count). The predicted molar refractivity (Wildman–Crippen MR) is 74.2 cm³/mol. The minimum absolute atomic E-state index is 0.272. The van der Waals surface area contributed by atoms with Crippen LogP contribution in [0.1, 0.15) is 23.8 Å². The largest absolute Gasteiger partial charge is 0.338 e. The Hall–Kier alpha value is -1.56. The molecule has 0 unspecified atom stereocenters. The lowest BCUT2D eigenvalue weighted by atomic mass is 9.97. The van der Waals surface area contributed by atoms with E-state index in [4.69, 9.17) is 0 Å². The van der Waals surface area contributed by atoms with Crippen molar-refractivity contribution in [3.63, 3.8) is 0 Å². The predicted octanol–water partition coefficient (Wildman–Crippen LogP) is 3.27. The molecule has 0 spiro atoms. The SMILES string of the molecule is O=C(C(F)F)N1CCC(c2nc3ccccc3s2)CC1. The van der Waals surface area contributed by atoms with Crippen molar-refractivity contribution in [1.29, 1.82) is 0 Å². The lowest BCUT2D eigenvalue weighted by molar-refractivity contribution is -0.143. The maximum Gasteiger partial charge on any atom is 0.315 e. The zero-order valence-corrected chi connectivity index (χ0v) is 11.6. The molecule has 20 heavy (non-hydrogen) atoms. The maximum absolute atomic E-state index is 12.4. The van der Waals surface area contributed by atoms with Gasteiger partial charge in [0.05, 0.1) is 15.2 Å². The number of hydrogen-bond donors (Lipinski definition) is 0. The van der Waals surface area contributed by atoms with Crippen LogP contribution < -0.4 is 0 Å². The number of amides is 1. The van der Waals surface area contributed by atoms with Gasteiger partial charge in [0.25, 0.3) is 5.91 Å². The van der Waals surface area contributed by atoms with Crippen molar-refractivity contribution < 1.29 is 13.6 Å². The summed E-state index contributed by atoms with van der Waals surface area (Å²) < 4.78 is 25.9. The van der Waals surface area contributed by atoms with Crippen LogP contribution in [0.15, 0.2) is 24.3 Å². The van der Waals surface area contributed by atoms with Crippen molar-refractivity contribution in [2.24, 2.45) is 0 Å². The number of halogens is 2. The maximum atomic E-state index is 12.4. The molecule has 1 aliphatic rings. The Balaban J connectivity index is 1.70. The molecule has 2 heterocycles. The third-order valence-electron chi connectivity index (χ3n) is 3.65. The van der Waals surface area contributed by atoms with Gasteiger partial charge in [-0.25, -0.2) is 4.98 Å². The number of fused-ring (bicyclic) bond motifs is 1. The zero-order valence-electron chi connectivity index (χ0n) is 10.8. The second-order valence-corrected chi connectivity index (χ2v) is 5.98. The quantitative estimate of drug-likeness (QED) is 0.852. The Morgan fingerprint density at radius 1 is 1.30 bits per heavy atom. The van der Waals surface area contributed by atoms with Gasteiger partial charge in [-0.05, 0) is 25.0 Å². The summed E-state index contributed by atoms with van der Waals surface area (Å²) in [6.45, 7) is 0.785. The van der Waals surface area contributed by atoms with Gasteiger partial charge in [-0.1, -0.05) is 12.1 Å². The zero-order chi connectivity index (χ0) is 14.1. The van der Waals surface area contributed by atoms with Crippen molar-refractivity contribution in [3.05, 3.63) is 29.3 Å². The van der Waals surface area contributed by atoms with Crippen LogP contribution >= 0.6 is 11.3 Å². The van der Waals surface area contributed by atoms with Crippen molar-refractivity contribution in [2.75, 3.05) is 13.1 Å². The van der Waals surface area contributed by atoms with Gasteiger partial charge in [-0.15, -0.1) is 11.3 Å². The summed E-state index contributed by atoms with van der Waals surface area (Å²) in [5.41, 5.74) is 0.985. The number of likely N-dealkylation sites (tertiary alicyclic amines) is 1. The van der Waals surface area contributed by atoms with E-state index in [9.17, 15) is 13.6 Å². The fraction of sp³-hybridized carbons (Fsp3) is 0.429. The van der Waals surface area contributed by atoms with Gasteiger partial charge >= 0.3 is 6.43 Å². The molecule has 1 aliphatic heterocycles. The number of aromatic nitrogens is 1. The first-order valence-corrected chi connectivity index (χ1v) is 7.39. The molecule has 1 amide bonds. The summed E-state index contributed by atoms with van der Waals surface area (Å²) in [5.74, 6) is -0.776. The highest BCUT2D eigenvalue weighted by molar-refractivity contribution is 7.18. The fourth-order valence-corrected chi connectivity index (χ4v) is 3.69. The van der Waals surface area contributed by atoms with Gasteiger partial charge in [0.2, 0.25) is 0 Å². The van der Waals surface area contributed by atoms with E-state index in [0.29, 0.717) is 25.9 Å². The molecule has 1 aromatic heterocycles. The summed E-state index contributed by atoms with van der Waals surface area (Å²) in [4.78, 5) is 17.1. The van der Waals surface area contributed by atoms with Crippen LogP contribution in [0, 0.1) is 0 Å². The molecule has 1 saturated heterocycles. The lowest BCUT2D eigenvalue weighted by Gasteiger charge is -2.30. The average molecular weight is 296 g/mol. The van der Waals surface area contributed by atoms with Crippen LogP contribution in [-0.2, 0) is 4.79 Å². The molecule has 0 N–H and O–H groups in total. The first-order valence-electron chi connectivity index (χ1n) is 6.57. The first-order chi connectivity index (χ1) is 9.65. The molecule has 0 radical (unpaired) electrons. The molecular formula is C14H14F2N2OS. The summed E-state index contributed by atoms with van der Waals surface area (Å²) in [6, 6.07) is 7.95. The first kappa shape index (κ1) is 13.4. The van der Waals surface area contributed by atoms with Gasteiger partial charge in [0, 0.05) is 19.0 Å². The Kier molecular flexibility index (Phi) is 3.65. The molecule has 1 aromatic carbocycles. The number of carbonyl (C=O) groups is 1. The summed E-state index contributed by atoms with van der Waals surface area (Å²) in [5, 5.41) is 1.05. The van der Waals surface area contributed by atoms with Gasteiger partial charge in [0.1, 0.15) is 0 Å². The van der Waals surface area contributed by atoms with Crippen LogP contribution in [0.4, 0.5) is 8.78 Å². The van der Waals surface area contributed by atoms with E-state index in [1.54, 1.807) is 11.3 Å². The molecule has 6 heteroatoms. The summed E-state index contributed by atoms with van der Waals surface area (Å²) in [6.07, 6.45) is -1.48. The number of piperidine rings is 1. The monoisotopic (exact) mass is 296 g/mol. The molecule has 0 aliphatic carbocycles. The van der Waals surface area contributed by atoms with Crippen molar-refractivity contribution in [3.8, 4) is 0 Å². The number of hydrogen-bond acceptors (Lipinski definition) is 3. The molecule has 3 nitrogen and oxygen atoms in total. The topological polar surface area (TPSA) is 33.2 Å². The van der Waals surface area contributed by atoms with Crippen molar-refractivity contribution >= 4 is 27.5 Å². The van der Waals surface area contributed by atoms with Gasteiger partial charge in [-0.3, -0.25) is 4.79 Å². The molecular weight excluding hydrogens is 282 g/mol. The number of benzene rings is 1. The molecule has 106 valence electrons. The highest BCUT2D eigenvalue weighted by atomic mass is 32.1. The van der Waals surface area contributed by atoms with Crippen molar-refractivity contribution in [1.82, 2.24) is 9.88 Å². The molecule has 1 fully saturated rings. The van der Waals surface area contributed by atoms with E-state index in [2.05, 4.69) is 4.98 Å². The third kappa shape index (κ3) is 2.52. The minimum Gasteiger partial charge on any atom is -0.338 e. The van der Waals surface area contributed by atoms with E-state index < -0.39 is 12.3 Å². The number of nitrogens with zero attached hydrogens (tertiary/aromatic N) is 2. The number of alkyl halides is 2. The van der Waals surface area contributed by atoms with E-state index >= 15 is 0 Å². The van der Waals surface area contributed by atoms with Crippen LogP contribution in [0.3, 0.4) is 0 Å². The van der Waals surface area contributed by atoms with E-state index in [-0.39, 0.29) is 5.92 Å². The lowest BCUT2D eigenvalue weighted by Crippen LogP contribution is -2.41. The number of carbonyl (C=O) groups excluding carboxylic acids is 1. The van der Waals surface area contributed by atoms with E-state index in [1.807, 2.05) is 24.3 Å². The van der Waals surface area contributed by atoms with E-state index in [1.165, 1.54) is 4.90 Å². The second-order valence-electron chi connectivity index (χ2n) is 4.92. The Morgan fingerprint density at radius 3 is 2.65 bits per heavy atom. The summed E-state index contributed by atoms with van der Waals surface area (Å²) in [7, 11) is 0. The number of rotatable bonds is 2. The highest BCUT2D eigenvalue weighted by Gasteiger charge is 2.29. The number of para-hydroxylation sites is 1. The van der Waals surface area contributed by atoms with Gasteiger partial charge < -0.3 is 4.90 Å². The molecule has 2 aromatic rings. The normalized spacial score (nSPS) is 17.1. The van der Waals surface area contributed by atoms with Crippen molar-refractivity contribution in [2.45, 2.75) is 25.2 Å². The Labute approximate surface area is 119 Å². The number of thiazole rings is 1. The molecule has 0 saturated carbocycles. The Bertz CT molecular complexity index is 587.